The van der Waals surface area contributed by atoms with E-state index in [1.165, 1.54) is 43.2 Å². The van der Waals surface area contributed by atoms with E-state index in [2.05, 4.69) is 41.6 Å². The van der Waals surface area contributed by atoms with Crippen molar-refractivity contribution in [3.8, 4) is 5.75 Å². The second-order valence-corrected chi connectivity index (χ2v) is 7.88. The minimum atomic E-state index is -0.136. The van der Waals surface area contributed by atoms with Crippen LogP contribution in [0.2, 0.25) is 0 Å². The van der Waals surface area contributed by atoms with E-state index < -0.39 is 0 Å². The molecule has 1 aliphatic carbocycles. The number of ether oxygens (including phenoxy) is 1. The Balaban J connectivity index is 0.00000261. The molecule has 0 fully saturated rings. The second kappa shape index (κ2) is 13.6. The Morgan fingerprint density at radius 2 is 1.86 bits per heavy atom. The number of hydrogen-bond acceptors (Lipinski definition) is 5. The first-order valence-corrected chi connectivity index (χ1v) is 10.2. The van der Waals surface area contributed by atoms with Crippen molar-refractivity contribution in [3.05, 3.63) is 23.3 Å². The monoisotopic (exact) mass is 466 g/mol. The fourth-order valence-corrected chi connectivity index (χ4v) is 3.79. The highest BCUT2D eigenvalue weighted by molar-refractivity contribution is 5.90. The predicted molar refractivity (Wildman–Crippen MR) is 130 cm³/mol. The largest absolute Gasteiger partial charge is 0.481 e. The lowest BCUT2D eigenvalue weighted by Crippen LogP contribution is -2.33. The van der Waals surface area contributed by atoms with Crippen molar-refractivity contribution in [3.63, 3.8) is 0 Å². The third-order valence-corrected chi connectivity index (χ3v) is 5.30. The number of amidine groups is 1. The summed E-state index contributed by atoms with van der Waals surface area (Å²) in [6.45, 7) is 8.53. The minimum Gasteiger partial charge on any atom is -0.481 e. The molecule has 5 nitrogen and oxygen atoms in total. The molecule has 2 aliphatic rings. The van der Waals surface area contributed by atoms with Crippen molar-refractivity contribution >= 4 is 48.7 Å². The zero-order valence-electron chi connectivity index (χ0n) is 17.7. The molecule has 2 unspecified atom stereocenters. The number of aryl methyl sites for hydroxylation is 1. The molecular formula is C21H37Cl3N4O. The van der Waals surface area contributed by atoms with Crippen molar-refractivity contribution in [1.82, 2.24) is 10.6 Å². The highest BCUT2D eigenvalue weighted by Gasteiger charge is 2.25. The fourth-order valence-electron chi connectivity index (χ4n) is 3.79. The second-order valence-electron chi connectivity index (χ2n) is 7.88. The molecule has 1 heterocycles. The van der Waals surface area contributed by atoms with Gasteiger partial charge in [-0.05, 0) is 75.4 Å². The number of nitrogens with one attached hydrogen (secondary N) is 2. The molecular weight excluding hydrogens is 431 g/mol. The van der Waals surface area contributed by atoms with Crippen LogP contribution in [0.15, 0.2) is 17.1 Å². The first-order chi connectivity index (χ1) is 12.5. The summed E-state index contributed by atoms with van der Waals surface area (Å²) in [6, 6.07) is 5.38. The van der Waals surface area contributed by atoms with Gasteiger partial charge in [-0.25, -0.2) is 4.99 Å². The summed E-state index contributed by atoms with van der Waals surface area (Å²) < 4.78 is 5.92. The number of fused-ring (bicyclic) bond motifs is 2. The highest BCUT2D eigenvalue weighted by Crippen LogP contribution is 2.40. The van der Waals surface area contributed by atoms with Crippen LogP contribution in [0.5, 0.6) is 5.75 Å². The molecule has 1 aromatic carbocycles. The summed E-state index contributed by atoms with van der Waals surface area (Å²) in [6.07, 6.45) is 7.14. The summed E-state index contributed by atoms with van der Waals surface area (Å²) in [7, 11) is 0. The maximum Gasteiger partial charge on any atom is 0.153 e. The van der Waals surface area contributed by atoms with Crippen LogP contribution in [-0.4, -0.2) is 31.1 Å². The SMILES string of the molecule is CC(C)NCCCCCNC1CCCc2cc3c(cc21)N=C(N)C(C)O3.Cl.Cl.Cl. The Bertz CT molecular complexity index is 655. The molecule has 1 aliphatic heterocycles. The third kappa shape index (κ3) is 7.80. The normalized spacial score (nSPS) is 19.5. The van der Waals surface area contributed by atoms with Gasteiger partial charge in [0.1, 0.15) is 17.3 Å². The molecule has 8 heteroatoms. The summed E-state index contributed by atoms with van der Waals surface area (Å²) >= 11 is 0. The van der Waals surface area contributed by atoms with E-state index in [0.717, 1.165) is 30.9 Å². The number of aliphatic imine (C=N–C) groups is 1. The van der Waals surface area contributed by atoms with Gasteiger partial charge in [0, 0.05) is 12.1 Å². The van der Waals surface area contributed by atoms with Crippen molar-refractivity contribution in [2.45, 2.75) is 77.5 Å². The van der Waals surface area contributed by atoms with Crippen LogP contribution in [0, 0.1) is 0 Å². The topological polar surface area (TPSA) is 71.7 Å². The quantitative estimate of drug-likeness (QED) is 0.478. The molecule has 3 rings (SSSR count). The van der Waals surface area contributed by atoms with Crippen LogP contribution in [0.3, 0.4) is 0 Å². The fraction of sp³-hybridized carbons (Fsp3) is 0.667. The first-order valence-electron chi connectivity index (χ1n) is 10.2. The molecule has 4 N–H and O–H groups in total. The van der Waals surface area contributed by atoms with Crippen molar-refractivity contribution in [2.24, 2.45) is 10.7 Å². The number of rotatable bonds is 8. The number of benzene rings is 1. The van der Waals surface area contributed by atoms with Crippen molar-refractivity contribution < 1.29 is 4.74 Å². The lowest BCUT2D eigenvalue weighted by atomic mass is 9.86. The van der Waals surface area contributed by atoms with Crippen molar-refractivity contribution in [2.75, 3.05) is 13.1 Å². The summed E-state index contributed by atoms with van der Waals surface area (Å²) in [5.74, 6) is 1.44. The molecule has 168 valence electrons. The average Bonchev–Trinajstić information content (AvgIpc) is 2.60. The van der Waals surface area contributed by atoms with Crippen LogP contribution in [-0.2, 0) is 6.42 Å². The van der Waals surface area contributed by atoms with Crippen LogP contribution in [0.1, 0.15) is 70.0 Å². The Hall–Kier alpha value is -0.720. The molecule has 0 aromatic heterocycles. The van der Waals surface area contributed by atoms with Crippen LogP contribution in [0.25, 0.3) is 0 Å². The van der Waals surface area contributed by atoms with Crippen LogP contribution in [0.4, 0.5) is 5.69 Å². The number of halogens is 3. The molecule has 1 aromatic rings. The number of hydrogen-bond donors (Lipinski definition) is 3. The van der Waals surface area contributed by atoms with Gasteiger partial charge in [-0.1, -0.05) is 20.3 Å². The molecule has 0 spiro atoms. The standard InChI is InChI=1S/C21H34N4O.3ClH/c1-14(2)23-10-5-4-6-11-24-18-9-7-8-16-12-20-19(13-17(16)18)25-21(22)15(3)26-20;;;/h12-15,18,23-24H,4-11H2,1-3H3,(H2,22,25);3*1H. The van der Waals surface area contributed by atoms with Gasteiger partial charge in [-0.2, -0.15) is 0 Å². The van der Waals surface area contributed by atoms with E-state index in [9.17, 15) is 0 Å². The minimum absolute atomic E-state index is 0. The van der Waals surface area contributed by atoms with E-state index in [-0.39, 0.29) is 43.3 Å². The van der Waals surface area contributed by atoms with Gasteiger partial charge in [0.05, 0.1) is 0 Å². The van der Waals surface area contributed by atoms with Gasteiger partial charge in [0.2, 0.25) is 0 Å². The summed E-state index contributed by atoms with van der Waals surface area (Å²) in [5, 5.41) is 7.24. The lowest BCUT2D eigenvalue weighted by molar-refractivity contribution is 0.281. The first kappa shape index (κ1) is 28.3. The maximum absolute atomic E-state index is 5.96. The lowest BCUT2D eigenvalue weighted by Gasteiger charge is -2.29. The molecule has 0 saturated carbocycles. The van der Waals surface area contributed by atoms with Gasteiger partial charge in [0.25, 0.3) is 0 Å². The van der Waals surface area contributed by atoms with E-state index in [1.54, 1.807) is 0 Å². The van der Waals surface area contributed by atoms with Crippen LogP contribution < -0.4 is 21.1 Å². The Kier molecular flexibility index (Phi) is 13.2. The van der Waals surface area contributed by atoms with E-state index in [4.69, 9.17) is 10.5 Å². The van der Waals surface area contributed by atoms with Gasteiger partial charge in [-0.3, -0.25) is 0 Å². The molecule has 2 atom stereocenters. The molecule has 0 amide bonds. The summed E-state index contributed by atoms with van der Waals surface area (Å²) in [5.41, 5.74) is 9.63. The number of nitrogens with two attached hydrogens (primary N) is 1. The molecule has 0 radical (unpaired) electrons. The summed E-state index contributed by atoms with van der Waals surface area (Å²) in [4.78, 5) is 4.55. The number of nitrogens with zero attached hydrogens (tertiary/aromatic N) is 1. The van der Waals surface area contributed by atoms with E-state index >= 15 is 0 Å². The van der Waals surface area contributed by atoms with Crippen LogP contribution >= 0.6 is 37.2 Å². The van der Waals surface area contributed by atoms with Gasteiger partial charge in [0.15, 0.2) is 6.10 Å². The predicted octanol–water partition coefficient (Wildman–Crippen LogP) is 4.86. The smallest absolute Gasteiger partial charge is 0.153 e. The Morgan fingerprint density at radius 1 is 1.14 bits per heavy atom. The van der Waals surface area contributed by atoms with Crippen molar-refractivity contribution in [1.29, 1.82) is 0 Å². The van der Waals surface area contributed by atoms with Gasteiger partial charge < -0.3 is 21.1 Å². The molecule has 0 bridgehead atoms. The Morgan fingerprint density at radius 3 is 2.59 bits per heavy atom. The zero-order chi connectivity index (χ0) is 18.5. The zero-order valence-corrected chi connectivity index (χ0v) is 20.2. The van der Waals surface area contributed by atoms with E-state index in [0.29, 0.717) is 17.9 Å². The third-order valence-electron chi connectivity index (χ3n) is 5.30. The van der Waals surface area contributed by atoms with Gasteiger partial charge in [-0.15, -0.1) is 37.2 Å². The average molecular weight is 468 g/mol. The Labute approximate surface area is 194 Å². The molecule has 0 saturated heterocycles. The maximum atomic E-state index is 5.96. The van der Waals surface area contributed by atoms with E-state index in [1.807, 2.05) is 6.92 Å². The van der Waals surface area contributed by atoms with Gasteiger partial charge >= 0.3 is 0 Å². The number of unbranched alkanes of at least 4 members (excludes halogenated alkanes) is 2. The highest BCUT2D eigenvalue weighted by atomic mass is 35.5. The molecule has 29 heavy (non-hydrogen) atoms.